The van der Waals surface area contributed by atoms with Gasteiger partial charge in [-0.1, -0.05) is 13.2 Å². The summed E-state index contributed by atoms with van der Waals surface area (Å²) in [6.07, 6.45) is -0.513. The zero-order chi connectivity index (χ0) is 25.7. The van der Waals surface area contributed by atoms with Crippen LogP contribution in [0, 0.1) is 0 Å². The molecule has 2 aromatic carbocycles. The van der Waals surface area contributed by atoms with Crippen LogP contribution in [0.1, 0.15) is 20.7 Å². The number of hydrogen-bond acceptors (Lipinski definition) is 10. The Morgan fingerprint density at radius 2 is 1.03 bits per heavy atom. The van der Waals surface area contributed by atoms with Gasteiger partial charge in [-0.3, -0.25) is 0 Å². The predicted octanol–water partition coefficient (Wildman–Crippen LogP) is 2.42. The number of benzene rings is 2. The Labute approximate surface area is 206 Å². The van der Waals surface area contributed by atoms with Gasteiger partial charge >= 0.3 is 23.9 Å². The maximum absolute atomic E-state index is 12.6. The topological polar surface area (TPSA) is 124 Å². The molecular formula is C26H22O10. The van der Waals surface area contributed by atoms with Crippen molar-refractivity contribution in [1.29, 1.82) is 0 Å². The van der Waals surface area contributed by atoms with Crippen LogP contribution in [0.3, 0.4) is 0 Å². The molecule has 2 aliphatic rings. The second-order valence-corrected chi connectivity index (χ2v) is 7.78. The second kappa shape index (κ2) is 11.0. The van der Waals surface area contributed by atoms with Crippen LogP contribution in [0.25, 0.3) is 0 Å². The average Bonchev–Trinajstić information content (AvgIpc) is 3.47. The smallest absolute Gasteiger partial charge is 0.338 e. The van der Waals surface area contributed by atoms with Crippen LogP contribution in [0.5, 0.6) is 11.5 Å². The molecule has 2 saturated heterocycles. The van der Waals surface area contributed by atoms with E-state index in [1.165, 1.54) is 48.5 Å². The molecule has 0 spiro atoms. The van der Waals surface area contributed by atoms with Gasteiger partial charge in [0.1, 0.15) is 23.7 Å². The lowest BCUT2D eigenvalue weighted by molar-refractivity contribution is -0.129. The molecule has 0 aromatic heterocycles. The van der Waals surface area contributed by atoms with Crippen LogP contribution < -0.4 is 9.47 Å². The number of rotatable bonds is 8. The fourth-order valence-electron chi connectivity index (χ4n) is 3.68. The first-order valence-corrected chi connectivity index (χ1v) is 10.9. The summed E-state index contributed by atoms with van der Waals surface area (Å²) < 4.78 is 32.5. The summed E-state index contributed by atoms with van der Waals surface area (Å²) in [6.45, 7) is 6.79. The monoisotopic (exact) mass is 494 g/mol. The quantitative estimate of drug-likeness (QED) is 0.307. The first-order chi connectivity index (χ1) is 17.4. The number of carbonyl (C=O) groups is 4. The third-order valence-corrected chi connectivity index (χ3v) is 5.43. The summed E-state index contributed by atoms with van der Waals surface area (Å²) in [7, 11) is 0. The van der Waals surface area contributed by atoms with E-state index in [9.17, 15) is 19.2 Å². The molecule has 2 unspecified atom stereocenters. The third-order valence-electron chi connectivity index (χ3n) is 5.43. The Balaban J connectivity index is 1.30. The van der Waals surface area contributed by atoms with E-state index in [-0.39, 0.29) is 35.8 Å². The van der Waals surface area contributed by atoms with Crippen LogP contribution in [-0.2, 0) is 28.5 Å². The Morgan fingerprint density at radius 1 is 0.667 bits per heavy atom. The van der Waals surface area contributed by atoms with E-state index in [0.29, 0.717) is 0 Å². The summed E-state index contributed by atoms with van der Waals surface area (Å²) in [5.74, 6) is -1.91. The van der Waals surface area contributed by atoms with Crippen molar-refractivity contribution in [3.63, 3.8) is 0 Å². The summed E-state index contributed by atoms with van der Waals surface area (Å²) in [5, 5.41) is 0. The van der Waals surface area contributed by atoms with E-state index in [1.807, 2.05) is 0 Å². The lowest BCUT2D eigenvalue weighted by Crippen LogP contribution is -2.36. The minimum absolute atomic E-state index is 0.0769. The Hall–Kier alpha value is -4.28. The van der Waals surface area contributed by atoms with Gasteiger partial charge < -0.3 is 28.4 Å². The van der Waals surface area contributed by atoms with Gasteiger partial charge in [0.15, 0.2) is 12.2 Å². The van der Waals surface area contributed by atoms with Crippen molar-refractivity contribution in [3.05, 3.63) is 85.0 Å². The molecule has 186 valence electrons. The van der Waals surface area contributed by atoms with Crippen LogP contribution >= 0.6 is 0 Å². The van der Waals surface area contributed by atoms with Crippen molar-refractivity contribution in [2.75, 3.05) is 13.2 Å². The maximum Gasteiger partial charge on any atom is 0.338 e. The molecule has 36 heavy (non-hydrogen) atoms. The van der Waals surface area contributed by atoms with Gasteiger partial charge in [0, 0.05) is 12.2 Å². The van der Waals surface area contributed by atoms with Gasteiger partial charge in [-0.05, 0) is 48.5 Å². The molecule has 0 radical (unpaired) electrons. The number of fused-ring (bicyclic) bond motifs is 1. The molecule has 10 nitrogen and oxygen atoms in total. The average molecular weight is 494 g/mol. The molecular weight excluding hydrogens is 472 g/mol. The first kappa shape index (κ1) is 24.8. The lowest BCUT2D eigenvalue weighted by Gasteiger charge is -2.17. The highest BCUT2D eigenvalue weighted by atomic mass is 16.7. The van der Waals surface area contributed by atoms with Crippen LogP contribution in [-0.4, -0.2) is 61.5 Å². The molecule has 0 bridgehead atoms. The van der Waals surface area contributed by atoms with Gasteiger partial charge in [0.25, 0.3) is 0 Å². The van der Waals surface area contributed by atoms with E-state index in [1.54, 1.807) is 0 Å². The molecule has 4 rings (SSSR count). The van der Waals surface area contributed by atoms with E-state index in [0.717, 1.165) is 12.2 Å². The maximum atomic E-state index is 12.6. The number of carbonyl (C=O) groups excluding carboxylic acids is 4. The summed E-state index contributed by atoms with van der Waals surface area (Å²) in [5.41, 5.74) is 0.500. The summed E-state index contributed by atoms with van der Waals surface area (Å²) >= 11 is 0. The molecule has 0 N–H and O–H groups in total. The zero-order valence-corrected chi connectivity index (χ0v) is 19.0. The third kappa shape index (κ3) is 5.68. The van der Waals surface area contributed by atoms with E-state index in [4.69, 9.17) is 28.4 Å². The first-order valence-electron chi connectivity index (χ1n) is 10.9. The molecule has 2 aliphatic heterocycles. The highest BCUT2D eigenvalue weighted by Crippen LogP contribution is 2.31. The van der Waals surface area contributed by atoms with Crippen LogP contribution in [0.15, 0.2) is 73.8 Å². The minimum atomic E-state index is -0.691. The van der Waals surface area contributed by atoms with Crippen molar-refractivity contribution < 1.29 is 47.6 Å². The Kier molecular flexibility index (Phi) is 7.57. The fourth-order valence-corrected chi connectivity index (χ4v) is 3.68. The Morgan fingerprint density at radius 3 is 1.36 bits per heavy atom. The fraction of sp³-hybridized carbons (Fsp3) is 0.231. The van der Waals surface area contributed by atoms with Gasteiger partial charge in [0.2, 0.25) is 0 Å². The summed E-state index contributed by atoms with van der Waals surface area (Å²) in [6, 6.07) is 11.7. The number of ether oxygens (including phenoxy) is 6. The molecule has 2 heterocycles. The highest BCUT2D eigenvalue weighted by Gasteiger charge is 2.51. The van der Waals surface area contributed by atoms with E-state index >= 15 is 0 Å². The van der Waals surface area contributed by atoms with Gasteiger partial charge in [0.05, 0.1) is 24.3 Å². The van der Waals surface area contributed by atoms with E-state index in [2.05, 4.69) is 13.2 Å². The molecule has 2 fully saturated rings. The van der Waals surface area contributed by atoms with Crippen molar-refractivity contribution in [1.82, 2.24) is 0 Å². The number of hydrogen-bond donors (Lipinski definition) is 0. The Bertz CT molecular complexity index is 1070. The normalized spacial score (nSPS) is 22.1. The van der Waals surface area contributed by atoms with Crippen LogP contribution in [0.4, 0.5) is 0 Å². The van der Waals surface area contributed by atoms with Gasteiger partial charge in [-0.2, -0.15) is 0 Å². The molecule has 4 atom stereocenters. The summed E-state index contributed by atoms with van der Waals surface area (Å²) in [4.78, 5) is 47.6. The molecule has 2 aromatic rings. The minimum Gasteiger partial charge on any atom is -0.453 e. The van der Waals surface area contributed by atoms with Crippen molar-refractivity contribution in [2.24, 2.45) is 0 Å². The molecule has 0 amide bonds. The molecule has 0 aliphatic carbocycles. The second-order valence-electron chi connectivity index (χ2n) is 7.78. The number of esters is 4. The van der Waals surface area contributed by atoms with Gasteiger partial charge in [-0.15, -0.1) is 0 Å². The standard InChI is InChI=1S/C26H22O10/c1-3-21(27)33-17-9-5-15(6-10-17)25(29)35-19-13-31-24-20(14-32-23(19)24)36-26(30)16-7-11-18(12-8-16)34-22(28)4-2/h3-12,19-20,23-24H,1-2,13-14H2/t19-,20-,23?,24?/m1/s1. The predicted molar refractivity (Wildman–Crippen MR) is 122 cm³/mol. The van der Waals surface area contributed by atoms with Crippen molar-refractivity contribution >= 4 is 23.9 Å². The van der Waals surface area contributed by atoms with Crippen LogP contribution in [0.2, 0.25) is 0 Å². The highest BCUT2D eigenvalue weighted by molar-refractivity contribution is 5.90. The van der Waals surface area contributed by atoms with Gasteiger partial charge in [-0.25, -0.2) is 19.2 Å². The van der Waals surface area contributed by atoms with E-state index < -0.39 is 48.3 Å². The van der Waals surface area contributed by atoms with Crippen molar-refractivity contribution in [2.45, 2.75) is 24.4 Å². The molecule has 10 heteroatoms. The molecule has 0 saturated carbocycles. The van der Waals surface area contributed by atoms with Crippen molar-refractivity contribution in [3.8, 4) is 11.5 Å². The SMILES string of the molecule is C=CC(=O)Oc1ccc(C(=O)O[C@@H]2COC3C2OC[C@H]3OC(=O)c2ccc(OC(=O)C=C)cc2)cc1. The lowest BCUT2D eigenvalue weighted by atomic mass is 10.1. The zero-order valence-electron chi connectivity index (χ0n) is 19.0. The largest absolute Gasteiger partial charge is 0.453 e.